The largest absolute Gasteiger partial charge is 0.335 e. The summed E-state index contributed by atoms with van der Waals surface area (Å²) in [5.41, 5.74) is 2.36. The van der Waals surface area contributed by atoms with Gasteiger partial charge in [-0.05, 0) is 43.3 Å². The van der Waals surface area contributed by atoms with Crippen LogP contribution in [0.25, 0.3) is 21.7 Å². The molecule has 0 bridgehead atoms. The smallest absolute Gasteiger partial charge is 0.257 e. The van der Waals surface area contributed by atoms with E-state index in [1.54, 1.807) is 42.3 Å². The van der Waals surface area contributed by atoms with E-state index in [1.807, 2.05) is 36.4 Å². The van der Waals surface area contributed by atoms with Gasteiger partial charge in [0.25, 0.3) is 11.8 Å². The second kappa shape index (κ2) is 6.68. The molecule has 4 aromatic rings. The van der Waals surface area contributed by atoms with E-state index in [0.29, 0.717) is 23.8 Å². The van der Waals surface area contributed by atoms with Gasteiger partial charge in [0.2, 0.25) is 0 Å². The minimum atomic E-state index is -0.0579. The number of rotatable bonds is 4. The predicted octanol–water partition coefficient (Wildman–Crippen LogP) is 3.93. The lowest BCUT2D eigenvalue weighted by molar-refractivity contribution is 0.0785. The average molecular weight is 364 g/mol. The van der Waals surface area contributed by atoms with Crippen LogP contribution < -0.4 is 0 Å². The molecular formula is C19H16N4O2S. The van der Waals surface area contributed by atoms with Crippen molar-refractivity contribution in [3.8, 4) is 11.5 Å². The molecule has 2 heterocycles. The van der Waals surface area contributed by atoms with Crippen LogP contribution in [-0.2, 0) is 6.54 Å². The van der Waals surface area contributed by atoms with Gasteiger partial charge in [-0.15, -0.1) is 11.3 Å². The molecule has 7 heteroatoms. The highest BCUT2D eigenvalue weighted by Crippen LogP contribution is 2.23. The van der Waals surface area contributed by atoms with E-state index in [9.17, 15) is 4.79 Å². The summed E-state index contributed by atoms with van der Waals surface area (Å²) in [6, 6.07) is 15.1. The third-order valence-electron chi connectivity index (χ3n) is 3.96. The highest BCUT2D eigenvalue weighted by Gasteiger charge is 2.15. The van der Waals surface area contributed by atoms with E-state index in [4.69, 9.17) is 4.52 Å². The molecule has 0 aliphatic heterocycles. The van der Waals surface area contributed by atoms with Crippen LogP contribution in [-0.4, -0.2) is 33.0 Å². The van der Waals surface area contributed by atoms with Crippen LogP contribution in [0.5, 0.6) is 0 Å². The number of hydrogen-bond donors (Lipinski definition) is 0. The second-order valence-electron chi connectivity index (χ2n) is 5.96. The van der Waals surface area contributed by atoms with Gasteiger partial charge in [-0.3, -0.25) is 4.79 Å². The summed E-state index contributed by atoms with van der Waals surface area (Å²) < 4.78 is 6.27. The summed E-state index contributed by atoms with van der Waals surface area (Å²) in [5, 5.41) is 4.69. The quantitative estimate of drug-likeness (QED) is 0.549. The molecule has 0 saturated heterocycles. The maximum absolute atomic E-state index is 12.7. The van der Waals surface area contributed by atoms with E-state index >= 15 is 0 Å². The van der Waals surface area contributed by atoms with E-state index in [1.165, 1.54) is 0 Å². The van der Waals surface area contributed by atoms with Crippen molar-refractivity contribution in [3.63, 3.8) is 0 Å². The zero-order valence-corrected chi connectivity index (χ0v) is 15.2. The van der Waals surface area contributed by atoms with Gasteiger partial charge in [0, 0.05) is 18.2 Å². The second-order valence-corrected chi connectivity index (χ2v) is 7.08. The standard InChI is InChI=1S/C19H16N4O2S/c1-12-20-18(25-22-12)13-7-9-14(10-8-13)19(24)23(2)11-17-21-15-5-3-4-6-16(15)26-17/h3-10H,11H2,1-2H3. The van der Waals surface area contributed by atoms with Gasteiger partial charge in [-0.1, -0.05) is 17.3 Å². The molecule has 2 aromatic carbocycles. The van der Waals surface area contributed by atoms with Crippen molar-refractivity contribution in [1.82, 2.24) is 20.0 Å². The Balaban J connectivity index is 1.49. The van der Waals surface area contributed by atoms with Crippen molar-refractivity contribution in [3.05, 3.63) is 64.9 Å². The summed E-state index contributed by atoms with van der Waals surface area (Å²) in [4.78, 5) is 23.1. The van der Waals surface area contributed by atoms with Gasteiger partial charge < -0.3 is 9.42 Å². The van der Waals surface area contributed by atoms with Crippen LogP contribution in [0, 0.1) is 6.92 Å². The van der Waals surface area contributed by atoms with Crippen molar-refractivity contribution >= 4 is 27.5 Å². The van der Waals surface area contributed by atoms with Gasteiger partial charge in [0.15, 0.2) is 5.82 Å². The molecule has 0 saturated carbocycles. The molecule has 0 fully saturated rings. The topological polar surface area (TPSA) is 72.1 Å². The lowest BCUT2D eigenvalue weighted by atomic mass is 10.1. The number of carbonyl (C=O) groups is 1. The Kier molecular flexibility index (Phi) is 4.22. The molecule has 0 aliphatic rings. The average Bonchev–Trinajstić information content (AvgIpc) is 3.26. The molecule has 0 aliphatic carbocycles. The van der Waals surface area contributed by atoms with E-state index in [0.717, 1.165) is 20.8 Å². The number of fused-ring (bicyclic) bond motifs is 1. The van der Waals surface area contributed by atoms with Crippen LogP contribution in [0.4, 0.5) is 0 Å². The minimum Gasteiger partial charge on any atom is -0.335 e. The first kappa shape index (κ1) is 16.4. The summed E-state index contributed by atoms with van der Waals surface area (Å²) in [7, 11) is 1.78. The van der Waals surface area contributed by atoms with Crippen LogP contribution in [0.2, 0.25) is 0 Å². The third-order valence-corrected chi connectivity index (χ3v) is 4.98. The number of carbonyl (C=O) groups excluding carboxylic acids is 1. The highest BCUT2D eigenvalue weighted by atomic mass is 32.1. The van der Waals surface area contributed by atoms with Gasteiger partial charge >= 0.3 is 0 Å². The number of hydrogen-bond acceptors (Lipinski definition) is 6. The number of aryl methyl sites for hydroxylation is 1. The van der Waals surface area contributed by atoms with Gasteiger partial charge in [-0.2, -0.15) is 4.98 Å². The van der Waals surface area contributed by atoms with Gasteiger partial charge in [0.05, 0.1) is 16.8 Å². The molecule has 26 heavy (non-hydrogen) atoms. The van der Waals surface area contributed by atoms with Crippen LogP contribution >= 0.6 is 11.3 Å². The Morgan fingerprint density at radius 3 is 2.58 bits per heavy atom. The van der Waals surface area contributed by atoms with Crippen LogP contribution in [0.3, 0.4) is 0 Å². The summed E-state index contributed by atoms with van der Waals surface area (Å²) >= 11 is 1.61. The first-order valence-corrected chi connectivity index (χ1v) is 8.92. The zero-order valence-electron chi connectivity index (χ0n) is 14.3. The Bertz CT molecular complexity index is 1040. The normalized spacial score (nSPS) is 11.0. The maximum Gasteiger partial charge on any atom is 0.257 e. The molecule has 0 spiro atoms. The van der Waals surface area contributed by atoms with E-state index in [2.05, 4.69) is 15.1 Å². The number of para-hydroxylation sites is 1. The molecule has 0 unspecified atom stereocenters. The molecule has 0 N–H and O–H groups in total. The summed E-state index contributed by atoms with van der Waals surface area (Å²) in [6.07, 6.45) is 0. The summed E-state index contributed by atoms with van der Waals surface area (Å²) in [5.74, 6) is 0.970. The molecule has 6 nitrogen and oxygen atoms in total. The van der Waals surface area contributed by atoms with Crippen molar-refractivity contribution in [2.75, 3.05) is 7.05 Å². The Morgan fingerprint density at radius 1 is 1.12 bits per heavy atom. The SMILES string of the molecule is Cc1noc(-c2ccc(C(=O)N(C)Cc3nc4ccccc4s3)cc2)n1. The first-order valence-electron chi connectivity index (χ1n) is 8.11. The zero-order chi connectivity index (χ0) is 18.1. The van der Waals surface area contributed by atoms with Crippen molar-refractivity contribution in [1.29, 1.82) is 0 Å². The molecule has 2 aromatic heterocycles. The molecule has 4 rings (SSSR count). The Morgan fingerprint density at radius 2 is 1.88 bits per heavy atom. The van der Waals surface area contributed by atoms with Crippen molar-refractivity contribution < 1.29 is 9.32 Å². The lowest BCUT2D eigenvalue weighted by Gasteiger charge is -2.15. The van der Waals surface area contributed by atoms with Crippen LogP contribution in [0.15, 0.2) is 53.1 Å². The van der Waals surface area contributed by atoms with Gasteiger partial charge in [0.1, 0.15) is 5.01 Å². The summed E-state index contributed by atoms with van der Waals surface area (Å²) in [6.45, 7) is 2.24. The molecule has 0 atom stereocenters. The molecular weight excluding hydrogens is 348 g/mol. The highest BCUT2D eigenvalue weighted by molar-refractivity contribution is 7.18. The molecule has 130 valence electrons. The Hall–Kier alpha value is -3.06. The third kappa shape index (κ3) is 3.21. The minimum absolute atomic E-state index is 0.0579. The lowest BCUT2D eigenvalue weighted by Crippen LogP contribution is -2.26. The predicted molar refractivity (Wildman–Crippen MR) is 99.9 cm³/mol. The van der Waals surface area contributed by atoms with E-state index in [-0.39, 0.29) is 5.91 Å². The fourth-order valence-electron chi connectivity index (χ4n) is 2.65. The van der Waals surface area contributed by atoms with Gasteiger partial charge in [-0.25, -0.2) is 4.98 Å². The molecule has 1 amide bonds. The number of amides is 1. The molecule has 0 radical (unpaired) electrons. The van der Waals surface area contributed by atoms with Crippen LogP contribution in [0.1, 0.15) is 21.2 Å². The fraction of sp³-hybridized carbons (Fsp3) is 0.158. The number of thiazole rings is 1. The number of aromatic nitrogens is 3. The van der Waals surface area contributed by atoms with E-state index < -0.39 is 0 Å². The maximum atomic E-state index is 12.7. The van der Waals surface area contributed by atoms with Crippen molar-refractivity contribution in [2.24, 2.45) is 0 Å². The monoisotopic (exact) mass is 364 g/mol. The van der Waals surface area contributed by atoms with Crippen molar-refractivity contribution in [2.45, 2.75) is 13.5 Å². The number of nitrogens with zero attached hydrogens (tertiary/aromatic N) is 4. The fourth-order valence-corrected chi connectivity index (χ4v) is 3.67. The Labute approximate surface area is 154 Å². The first-order chi connectivity index (χ1) is 12.6. The number of benzene rings is 2.